The summed E-state index contributed by atoms with van der Waals surface area (Å²) < 4.78 is 2.57. The molecule has 2 rings (SSSR count). The molecule has 0 unspecified atom stereocenters. The van der Waals surface area contributed by atoms with Crippen LogP contribution < -0.4 is 5.32 Å². The monoisotopic (exact) mass is 279 g/mol. The van der Waals surface area contributed by atoms with Crippen molar-refractivity contribution in [3.63, 3.8) is 0 Å². The highest BCUT2D eigenvalue weighted by Gasteiger charge is 2.08. The summed E-state index contributed by atoms with van der Waals surface area (Å²) in [5.41, 5.74) is 1.16. The van der Waals surface area contributed by atoms with Crippen molar-refractivity contribution in [2.24, 2.45) is 7.05 Å². The fourth-order valence-electron chi connectivity index (χ4n) is 1.26. The summed E-state index contributed by atoms with van der Waals surface area (Å²) >= 11 is 3.33. The molecule has 0 saturated heterocycles. The predicted molar refractivity (Wildman–Crippen MR) is 65.3 cm³/mol. The van der Waals surface area contributed by atoms with Gasteiger partial charge >= 0.3 is 0 Å². The first-order valence-electron chi connectivity index (χ1n) is 4.72. The molecule has 1 aromatic carbocycles. The Morgan fingerprint density at radius 2 is 2.00 bits per heavy atom. The predicted octanol–water partition coefficient (Wildman–Crippen LogP) is 2.43. The van der Waals surface area contributed by atoms with Gasteiger partial charge in [0.15, 0.2) is 5.69 Å². The van der Waals surface area contributed by atoms with Crippen LogP contribution in [-0.4, -0.2) is 15.7 Å². The third-order valence-corrected chi connectivity index (χ3v) is 2.58. The lowest BCUT2D eigenvalue weighted by molar-refractivity contribution is 0.102. The average Bonchev–Trinajstić information content (AvgIpc) is 2.68. The van der Waals surface area contributed by atoms with Crippen LogP contribution >= 0.6 is 15.9 Å². The van der Waals surface area contributed by atoms with Gasteiger partial charge in [0.25, 0.3) is 5.91 Å². The zero-order valence-electron chi connectivity index (χ0n) is 8.64. The number of nitrogens with one attached hydrogen (secondary N) is 1. The number of carbonyl (C=O) groups is 1. The molecule has 1 N–H and O–H groups in total. The molecule has 4 nitrogen and oxygen atoms in total. The molecule has 0 aliphatic carbocycles. The minimum absolute atomic E-state index is 0.206. The van der Waals surface area contributed by atoms with Crippen LogP contribution in [0.5, 0.6) is 0 Å². The standard InChI is InChI=1S/C11H10BrN3O/c1-15-7-6-10(14-15)11(16)13-9-4-2-8(12)3-5-9/h2-7H,1H3,(H,13,16). The number of benzene rings is 1. The number of anilines is 1. The number of aromatic nitrogens is 2. The van der Waals surface area contributed by atoms with E-state index in [0.29, 0.717) is 5.69 Å². The van der Waals surface area contributed by atoms with E-state index in [1.54, 1.807) is 24.0 Å². The number of aryl methyl sites for hydroxylation is 1. The molecule has 5 heteroatoms. The second-order valence-electron chi connectivity index (χ2n) is 3.34. The van der Waals surface area contributed by atoms with Crippen molar-refractivity contribution < 1.29 is 4.79 Å². The fraction of sp³-hybridized carbons (Fsp3) is 0.0909. The lowest BCUT2D eigenvalue weighted by Crippen LogP contribution is -2.12. The highest BCUT2D eigenvalue weighted by Crippen LogP contribution is 2.14. The van der Waals surface area contributed by atoms with Crippen molar-refractivity contribution in [3.8, 4) is 0 Å². The SMILES string of the molecule is Cn1ccc(C(=O)Nc2ccc(Br)cc2)n1. The zero-order valence-corrected chi connectivity index (χ0v) is 10.2. The lowest BCUT2D eigenvalue weighted by Gasteiger charge is -2.02. The molecule has 0 bridgehead atoms. The third-order valence-electron chi connectivity index (χ3n) is 2.05. The Morgan fingerprint density at radius 1 is 1.31 bits per heavy atom. The molecule has 0 radical (unpaired) electrons. The molecule has 0 atom stereocenters. The van der Waals surface area contributed by atoms with Gasteiger partial charge in [-0.2, -0.15) is 5.10 Å². The Bertz CT molecular complexity index is 504. The van der Waals surface area contributed by atoms with Crippen molar-refractivity contribution in [1.82, 2.24) is 9.78 Å². The van der Waals surface area contributed by atoms with Crippen LogP contribution in [0, 0.1) is 0 Å². The summed E-state index contributed by atoms with van der Waals surface area (Å²) in [5, 5.41) is 6.78. The van der Waals surface area contributed by atoms with E-state index in [-0.39, 0.29) is 5.91 Å². The molecular weight excluding hydrogens is 270 g/mol. The third kappa shape index (κ3) is 2.49. The minimum Gasteiger partial charge on any atom is -0.321 e. The second-order valence-corrected chi connectivity index (χ2v) is 4.25. The molecule has 0 spiro atoms. The molecule has 1 aromatic heterocycles. The first-order valence-corrected chi connectivity index (χ1v) is 5.51. The highest BCUT2D eigenvalue weighted by molar-refractivity contribution is 9.10. The van der Waals surface area contributed by atoms with Gasteiger partial charge in [0.05, 0.1) is 0 Å². The number of halogens is 1. The van der Waals surface area contributed by atoms with Gasteiger partial charge in [-0.05, 0) is 30.3 Å². The van der Waals surface area contributed by atoms with Gasteiger partial charge in [0.2, 0.25) is 0 Å². The average molecular weight is 280 g/mol. The Labute approximate surface area is 101 Å². The van der Waals surface area contributed by atoms with E-state index >= 15 is 0 Å². The summed E-state index contributed by atoms with van der Waals surface area (Å²) in [5.74, 6) is -0.206. The maximum absolute atomic E-state index is 11.7. The van der Waals surface area contributed by atoms with Crippen molar-refractivity contribution in [2.45, 2.75) is 0 Å². The molecule has 0 fully saturated rings. The van der Waals surface area contributed by atoms with Crippen LogP contribution in [0.3, 0.4) is 0 Å². The summed E-state index contributed by atoms with van der Waals surface area (Å²) in [6.45, 7) is 0. The normalized spacial score (nSPS) is 10.1. The highest BCUT2D eigenvalue weighted by atomic mass is 79.9. The topological polar surface area (TPSA) is 46.9 Å². The van der Waals surface area contributed by atoms with Crippen LogP contribution in [0.4, 0.5) is 5.69 Å². The number of rotatable bonds is 2. The first-order chi connectivity index (χ1) is 7.65. The molecule has 0 saturated carbocycles. The number of hydrogen-bond donors (Lipinski definition) is 1. The quantitative estimate of drug-likeness (QED) is 0.918. The van der Waals surface area contributed by atoms with Gasteiger partial charge in [-0.1, -0.05) is 15.9 Å². The van der Waals surface area contributed by atoms with E-state index in [1.165, 1.54) is 0 Å². The minimum atomic E-state index is -0.206. The number of amides is 1. The molecule has 0 aliphatic rings. The van der Waals surface area contributed by atoms with E-state index in [4.69, 9.17) is 0 Å². The Balaban J connectivity index is 2.10. The molecule has 0 aliphatic heterocycles. The molecule has 16 heavy (non-hydrogen) atoms. The van der Waals surface area contributed by atoms with E-state index in [1.807, 2.05) is 24.3 Å². The molecular formula is C11H10BrN3O. The van der Waals surface area contributed by atoms with Gasteiger partial charge in [0.1, 0.15) is 0 Å². The molecule has 1 heterocycles. The summed E-state index contributed by atoms with van der Waals surface area (Å²) in [7, 11) is 1.77. The maximum atomic E-state index is 11.7. The number of carbonyl (C=O) groups excluding carboxylic acids is 1. The van der Waals surface area contributed by atoms with Gasteiger partial charge in [-0.3, -0.25) is 9.48 Å². The maximum Gasteiger partial charge on any atom is 0.276 e. The first kappa shape index (κ1) is 10.9. The summed E-state index contributed by atoms with van der Waals surface area (Å²) in [6, 6.07) is 9.06. The van der Waals surface area contributed by atoms with Gasteiger partial charge < -0.3 is 5.32 Å². The van der Waals surface area contributed by atoms with Gasteiger partial charge in [0, 0.05) is 23.4 Å². The van der Waals surface area contributed by atoms with Crippen LogP contribution in [0.1, 0.15) is 10.5 Å². The molecule has 2 aromatic rings. The van der Waals surface area contributed by atoms with E-state index in [0.717, 1.165) is 10.2 Å². The fourth-order valence-corrected chi connectivity index (χ4v) is 1.53. The van der Waals surface area contributed by atoms with Gasteiger partial charge in [-0.25, -0.2) is 0 Å². The summed E-state index contributed by atoms with van der Waals surface area (Å²) in [6.07, 6.45) is 1.73. The van der Waals surface area contributed by atoms with Crippen molar-refractivity contribution in [3.05, 3.63) is 46.7 Å². The van der Waals surface area contributed by atoms with E-state index < -0.39 is 0 Å². The second kappa shape index (κ2) is 4.49. The van der Waals surface area contributed by atoms with Crippen LogP contribution in [0.25, 0.3) is 0 Å². The lowest BCUT2D eigenvalue weighted by atomic mass is 10.3. The number of nitrogens with zero attached hydrogens (tertiary/aromatic N) is 2. The molecule has 82 valence electrons. The van der Waals surface area contributed by atoms with E-state index in [2.05, 4.69) is 26.3 Å². The largest absolute Gasteiger partial charge is 0.321 e. The molecule has 1 amide bonds. The Morgan fingerprint density at radius 3 is 2.56 bits per heavy atom. The Hall–Kier alpha value is -1.62. The smallest absolute Gasteiger partial charge is 0.276 e. The van der Waals surface area contributed by atoms with Crippen LogP contribution in [-0.2, 0) is 7.05 Å². The van der Waals surface area contributed by atoms with Crippen molar-refractivity contribution in [1.29, 1.82) is 0 Å². The summed E-state index contributed by atoms with van der Waals surface area (Å²) in [4.78, 5) is 11.7. The number of hydrogen-bond acceptors (Lipinski definition) is 2. The van der Waals surface area contributed by atoms with Crippen molar-refractivity contribution in [2.75, 3.05) is 5.32 Å². The van der Waals surface area contributed by atoms with E-state index in [9.17, 15) is 4.79 Å². The van der Waals surface area contributed by atoms with Crippen LogP contribution in [0.15, 0.2) is 41.0 Å². The van der Waals surface area contributed by atoms with Crippen LogP contribution in [0.2, 0.25) is 0 Å². The van der Waals surface area contributed by atoms with Crippen molar-refractivity contribution >= 4 is 27.5 Å². The van der Waals surface area contributed by atoms with Gasteiger partial charge in [-0.15, -0.1) is 0 Å². The Kier molecular flexibility index (Phi) is 3.05. The zero-order chi connectivity index (χ0) is 11.5.